The number of furan rings is 1. The first-order valence-electron chi connectivity index (χ1n) is 6.82. The zero-order valence-electron chi connectivity index (χ0n) is 12.2. The molecule has 0 saturated heterocycles. The van der Waals surface area contributed by atoms with Gasteiger partial charge < -0.3 is 9.15 Å². The maximum atomic E-state index is 5.87. The van der Waals surface area contributed by atoms with Gasteiger partial charge in [0, 0.05) is 10.9 Å². The second kappa shape index (κ2) is 5.76. The van der Waals surface area contributed by atoms with E-state index in [1.165, 1.54) is 5.56 Å². The van der Waals surface area contributed by atoms with Gasteiger partial charge in [-0.05, 0) is 38.8 Å². The van der Waals surface area contributed by atoms with Gasteiger partial charge in [-0.2, -0.15) is 0 Å². The SMILES string of the molecule is CCc1cccc2cc(COCNC(C)(C)C)oc12. The molecule has 1 aromatic carbocycles. The third-order valence-corrected chi connectivity index (χ3v) is 3.01. The van der Waals surface area contributed by atoms with Crippen LogP contribution in [0.2, 0.25) is 0 Å². The Morgan fingerprint density at radius 3 is 2.74 bits per heavy atom. The van der Waals surface area contributed by atoms with Crippen molar-refractivity contribution in [3.63, 3.8) is 0 Å². The van der Waals surface area contributed by atoms with Crippen molar-refractivity contribution in [3.8, 4) is 0 Å². The molecule has 0 fully saturated rings. The van der Waals surface area contributed by atoms with E-state index in [2.05, 4.69) is 57.3 Å². The van der Waals surface area contributed by atoms with Crippen molar-refractivity contribution in [2.24, 2.45) is 0 Å². The Labute approximate surface area is 114 Å². The van der Waals surface area contributed by atoms with Crippen molar-refractivity contribution in [2.75, 3.05) is 6.73 Å². The summed E-state index contributed by atoms with van der Waals surface area (Å²) < 4.78 is 11.5. The Hall–Kier alpha value is -1.32. The summed E-state index contributed by atoms with van der Waals surface area (Å²) in [6.07, 6.45) is 0.983. The Balaban J connectivity index is 1.98. The van der Waals surface area contributed by atoms with Crippen molar-refractivity contribution < 1.29 is 9.15 Å². The second-order valence-electron chi connectivity index (χ2n) is 5.82. The molecular weight excluding hydrogens is 238 g/mol. The summed E-state index contributed by atoms with van der Waals surface area (Å²) >= 11 is 0. The zero-order valence-corrected chi connectivity index (χ0v) is 12.2. The lowest BCUT2D eigenvalue weighted by atomic mass is 10.1. The largest absolute Gasteiger partial charge is 0.458 e. The third-order valence-electron chi connectivity index (χ3n) is 3.01. The summed E-state index contributed by atoms with van der Waals surface area (Å²) in [6.45, 7) is 9.52. The summed E-state index contributed by atoms with van der Waals surface area (Å²) in [5.41, 5.74) is 2.31. The van der Waals surface area contributed by atoms with Crippen LogP contribution in [0.4, 0.5) is 0 Å². The molecule has 1 N–H and O–H groups in total. The lowest BCUT2D eigenvalue weighted by Crippen LogP contribution is -2.37. The minimum absolute atomic E-state index is 0.0727. The molecule has 3 heteroatoms. The molecule has 0 saturated carbocycles. The highest BCUT2D eigenvalue weighted by Crippen LogP contribution is 2.23. The van der Waals surface area contributed by atoms with Crippen LogP contribution in [0.5, 0.6) is 0 Å². The molecule has 2 rings (SSSR count). The van der Waals surface area contributed by atoms with Gasteiger partial charge >= 0.3 is 0 Å². The summed E-state index contributed by atoms with van der Waals surface area (Å²) in [6, 6.07) is 8.32. The van der Waals surface area contributed by atoms with E-state index in [4.69, 9.17) is 9.15 Å². The van der Waals surface area contributed by atoms with E-state index < -0.39 is 0 Å². The van der Waals surface area contributed by atoms with Crippen molar-refractivity contribution in [2.45, 2.75) is 46.3 Å². The van der Waals surface area contributed by atoms with Gasteiger partial charge in [0.15, 0.2) is 0 Å². The standard InChI is InChI=1S/C16H23NO2/c1-5-12-7-6-8-13-9-14(19-15(12)13)10-18-11-17-16(2,3)4/h6-9,17H,5,10-11H2,1-4H3. The fourth-order valence-corrected chi connectivity index (χ4v) is 1.95. The highest BCUT2D eigenvalue weighted by Gasteiger charge is 2.09. The van der Waals surface area contributed by atoms with Gasteiger partial charge in [-0.1, -0.05) is 25.1 Å². The predicted molar refractivity (Wildman–Crippen MR) is 78.1 cm³/mol. The van der Waals surface area contributed by atoms with Gasteiger partial charge in [0.1, 0.15) is 18.0 Å². The molecular formula is C16H23NO2. The van der Waals surface area contributed by atoms with Gasteiger partial charge in [-0.15, -0.1) is 0 Å². The number of fused-ring (bicyclic) bond motifs is 1. The summed E-state index contributed by atoms with van der Waals surface area (Å²) in [5, 5.41) is 4.44. The normalized spacial score (nSPS) is 12.2. The van der Waals surface area contributed by atoms with Crippen LogP contribution in [0.15, 0.2) is 28.7 Å². The van der Waals surface area contributed by atoms with E-state index in [1.807, 2.05) is 0 Å². The first-order valence-corrected chi connectivity index (χ1v) is 6.82. The van der Waals surface area contributed by atoms with Crippen LogP contribution in [0, 0.1) is 0 Å². The van der Waals surface area contributed by atoms with Gasteiger partial charge in [-0.3, -0.25) is 5.32 Å². The summed E-state index contributed by atoms with van der Waals surface area (Å²) in [4.78, 5) is 0. The lowest BCUT2D eigenvalue weighted by Gasteiger charge is -2.19. The molecule has 0 aliphatic heterocycles. The van der Waals surface area contributed by atoms with Crippen LogP contribution >= 0.6 is 0 Å². The van der Waals surface area contributed by atoms with Gasteiger partial charge in [0.25, 0.3) is 0 Å². The Bertz CT molecular complexity index is 537. The first kappa shape index (κ1) is 14.1. The van der Waals surface area contributed by atoms with Crippen LogP contribution in [-0.4, -0.2) is 12.3 Å². The topological polar surface area (TPSA) is 34.4 Å². The van der Waals surface area contributed by atoms with E-state index in [-0.39, 0.29) is 5.54 Å². The molecule has 0 spiro atoms. The molecule has 0 amide bonds. The fourth-order valence-electron chi connectivity index (χ4n) is 1.95. The molecule has 3 nitrogen and oxygen atoms in total. The molecule has 1 aromatic heterocycles. The number of para-hydroxylation sites is 1. The van der Waals surface area contributed by atoms with E-state index in [0.29, 0.717) is 13.3 Å². The van der Waals surface area contributed by atoms with Crippen molar-refractivity contribution >= 4 is 11.0 Å². The number of nitrogens with one attached hydrogen (secondary N) is 1. The quantitative estimate of drug-likeness (QED) is 0.655. The maximum absolute atomic E-state index is 5.87. The monoisotopic (exact) mass is 261 g/mol. The molecule has 1 heterocycles. The van der Waals surface area contributed by atoms with E-state index in [0.717, 1.165) is 23.2 Å². The van der Waals surface area contributed by atoms with Crippen LogP contribution in [0.1, 0.15) is 39.0 Å². The lowest BCUT2D eigenvalue weighted by molar-refractivity contribution is 0.0761. The molecule has 0 radical (unpaired) electrons. The number of rotatable bonds is 5. The van der Waals surface area contributed by atoms with Gasteiger partial charge in [-0.25, -0.2) is 0 Å². The average Bonchev–Trinajstić information content (AvgIpc) is 2.76. The Morgan fingerprint density at radius 2 is 2.05 bits per heavy atom. The van der Waals surface area contributed by atoms with Crippen LogP contribution < -0.4 is 5.32 Å². The number of aryl methyl sites for hydroxylation is 1. The molecule has 2 aromatic rings. The molecule has 0 aliphatic rings. The van der Waals surface area contributed by atoms with E-state index in [9.17, 15) is 0 Å². The Kier molecular flexibility index (Phi) is 4.27. The van der Waals surface area contributed by atoms with E-state index >= 15 is 0 Å². The van der Waals surface area contributed by atoms with Gasteiger partial charge in [0.05, 0.1) is 6.73 Å². The van der Waals surface area contributed by atoms with Crippen molar-refractivity contribution in [1.82, 2.24) is 5.32 Å². The van der Waals surface area contributed by atoms with E-state index in [1.54, 1.807) is 0 Å². The summed E-state index contributed by atoms with van der Waals surface area (Å²) in [5.74, 6) is 0.881. The van der Waals surface area contributed by atoms with Crippen molar-refractivity contribution in [3.05, 3.63) is 35.6 Å². The maximum Gasteiger partial charge on any atom is 0.137 e. The third kappa shape index (κ3) is 3.82. The molecule has 104 valence electrons. The van der Waals surface area contributed by atoms with Crippen LogP contribution in [0.25, 0.3) is 11.0 Å². The number of ether oxygens (including phenoxy) is 1. The smallest absolute Gasteiger partial charge is 0.137 e. The molecule has 0 atom stereocenters. The number of hydrogen-bond donors (Lipinski definition) is 1. The highest BCUT2D eigenvalue weighted by molar-refractivity contribution is 5.81. The minimum atomic E-state index is 0.0727. The molecule has 0 unspecified atom stereocenters. The van der Waals surface area contributed by atoms with Crippen LogP contribution in [0.3, 0.4) is 0 Å². The predicted octanol–water partition coefficient (Wildman–Crippen LogP) is 3.86. The fraction of sp³-hybridized carbons (Fsp3) is 0.500. The molecule has 0 bridgehead atoms. The Morgan fingerprint density at radius 1 is 1.26 bits per heavy atom. The number of hydrogen-bond acceptors (Lipinski definition) is 3. The highest BCUT2D eigenvalue weighted by atomic mass is 16.5. The van der Waals surface area contributed by atoms with Gasteiger partial charge in [0.2, 0.25) is 0 Å². The molecule has 19 heavy (non-hydrogen) atoms. The first-order chi connectivity index (χ1) is 8.99. The average molecular weight is 261 g/mol. The summed E-state index contributed by atoms with van der Waals surface area (Å²) in [7, 11) is 0. The zero-order chi connectivity index (χ0) is 13.9. The van der Waals surface area contributed by atoms with Crippen LogP contribution in [-0.2, 0) is 17.8 Å². The minimum Gasteiger partial charge on any atom is -0.458 e. The second-order valence-corrected chi connectivity index (χ2v) is 5.82. The number of benzene rings is 1. The van der Waals surface area contributed by atoms with Crippen molar-refractivity contribution in [1.29, 1.82) is 0 Å². The molecule has 0 aliphatic carbocycles.